The minimum Gasteiger partial charge on any atom is -0.302 e. The van der Waals surface area contributed by atoms with Crippen molar-refractivity contribution < 1.29 is 13.2 Å². The van der Waals surface area contributed by atoms with Gasteiger partial charge in [-0.15, -0.1) is 11.8 Å². The number of anilines is 1. The summed E-state index contributed by atoms with van der Waals surface area (Å²) in [6, 6.07) is 14.3. The third kappa shape index (κ3) is 5.89. The van der Waals surface area contributed by atoms with Gasteiger partial charge in [0.2, 0.25) is 5.91 Å². The smallest absolute Gasteiger partial charge is 0.229 e. The summed E-state index contributed by atoms with van der Waals surface area (Å²) >= 11 is 3.09. The molecular formula is C23H29N3O3S3. The van der Waals surface area contributed by atoms with E-state index in [1.807, 2.05) is 24.5 Å². The van der Waals surface area contributed by atoms with Crippen LogP contribution in [0.4, 0.5) is 5.13 Å². The van der Waals surface area contributed by atoms with Crippen molar-refractivity contribution in [2.75, 3.05) is 43.1 Å². The number of likely N-dealkylation sites (N-methyl/N-ethyl adjacent to an activating group) is 1. The molecule has 0 aliphatic heterocycles. The molecule has 0 radical (unpaired) electrons. The highest BCUT2D eigenvalue weighted by Crippen LogP contribution is 2.34. The van der Waals surface area contributed by atoms with Gasteiger partial charge in [-0.1, -0.05) is 49.4 Å². The third-order valence-electron chi connectivity index (χ3n) is 5.34. The molecule has 1 heterocycles. The standard InChI is InChI=1S/C23H29N3O3S3/c1-4-25(5-2)15-16-26(23-24-22-19(30-3)12-9-13-20(22)31-23)21(27)14-17-32(28,29)18-10-7-6-8-11-18/h6-13H,4-5,14-17H2,1-3H3. The highest BCUT2D eigenvalue weighted by atomic mass is 32.2. The molecule has 0 spiro atoms. The highest BCUT2D eigenvalue weighted by molar-refractivity contribution is 7.98. The van der Waals surface area contributed by atoms with Crippen LogP contribution in [0.25, 0.3) is 10.2 Å². The lowest BCUT2D eigenvalue weighted by Gasteiger charge is -2.24. The number of hydrogen-bond donors (Lipinski definition) is 0. The number of amides is 1. The Hall–Kier alpha value is -1.94. The van der Waals surface area contributed by atoms with Crippen LogP contribution in [0, 0.1) is 0 Å². The summed E-state index contributed by atoms with van der Waals surface area (Å²) in [5.41, 5.74) is 0.887. The number of benzene rings is 2. The first-order valence-electron chi connectivity index (χ1n) is 10.6. The van der Waals surface area contributed by atoms with Gasteiger partial charge >= 0.3 is 0 Å². The van der Waals surface area contributed by atoms with Gasteiger partial charge < -0.3 is 4.90 Å². The summed E-state index contributed by atoms with van der Waals surface area (Å²) in [6.07, 6.45) is 1.92. The van der Waals surface area contributed by atoms with Crippen LogP contribution in [-0.4, -0.2) is 62.4 Å². The SMILES string of the molecule is CCN(CC)CCN(C(=O)CCS(=O)(=O)c1ccccc1)c1nc2c(SC)cccc2s1. The number of thioether (sulfide) groups is 1. The topological polar surface area (TPSA) is 70.6 Å². The molecule has 0 saturated heterocycles. The van der Waals surface area contributed by atoms with Crippen LogP contribution in [0.2, 0.25) is 0 Å². The molecule has 6 nitrogen and oxygen atoms in total. The second kappa shape index (κ2) is 11.3. The molecule has 3 aromatic rings. The number of rotatable bonds is 11. The zero-order chi connectivity index (χ0) is 23.1. The fourth-order valence-electron chi connectivity index (χ4n) is 3.40. The average molecular weight is 492 g/mol. The predicted octanol–water partition coefficient (Wildman–Crippen LogP) is 4.56. The number of thiazole rings is 1. The third-order valence-corrected chi connectivity index (χ3v) is 8.89. The molecule has 0 aliphatic carbocycles. The van der Waals surface area contributed by atoms with Gasteiger partial charge in [0.1, 0.15) is 0 Å². The van der Waals surface area contributed by atoms with Crippen molar-refractivity contribution in [3.05, 3.63) is 48.5 Å². The molecule has 0 unspecified atom stereocenters. The molecule has 2 aromatic carbocycles. The molecule has 172 valence electrons. The molecule has 0 N–H and O–H groups in total. The minimum atomic E-state index is -3.53. The Bertz CT molecular complexity index is 1140. The van der Waals surface area contributed by atoms with E-state index in [0.717, 1.165) is 28.2 Å². The van der Waals surface area contributed by atoms with Gasteiger partial charge in [-0.05, 0) is 43.6 Å². The number of para-hydroxylation sites is 1. The van der Waals surface area contributed by atoms with Crippen molar-refractivity contribution in [2.24, 2.45) is 0 Å². The number of nitrogens with zero attached hydrogens (tertiary/aromatic N) is 3. The summed E-state index contributed by atoms with van der Waals surface area (Å²) in [7, 11) is -3.53. The fraction of sp³-hybridized carbons (Fsp3) is 0.391. The zero-order valence-corrected chi connectivity index (χ0v) is 21.1. The van der Waals surface area contributed by atoms with Crippen LogP contribution in [-0.2, 0) is 14.6 Å². The van der Waals surface area contributed by atoms with E-state index in [1.165, 1.54) is 11.3 Å². The van der Waals surface area contributed by atoms with E-state index in [9.17, 15) is 13.2 Å². The van der Waals surface area contributed by atoms with Crippen LogP contribution in [0.15, 0.2) is 58.3 Å². The molecule has 3 rings (SSSR count). The Morgan fingerprint density at radius 2 is 1.75 bits per heavy atom. The van der Waals surface area contributed by atoms with Crippen molar-refractivity contribution in [3.8, 4) is 0 Å². The van der Waals surface area contributed by atoms with Gasteiger partial charge in [0.15, 0.2) is 15.0 Å². The van der Waals surface area contributed by atoms with Crippen molar-refractivity contribution in [1.82, 2.24) is 9.88 Å². The van der Waals surface area contributed by atoms with E-state index in [0.29, 0.717) is 18.2 Å². The van der Waals surface area contributed by atoms with Crippen LogP contribution in [0.5, 0.6) is 0 Å². The second-order valence-electron chi connectivity index (χ2n) is 7.26. The minimum absolute atomic E-state index is 0.0826. The lowest BCUT2D eigenvalue weighted by molar-refractivity contribution is -0.118. The maximum absolute atomic E-state index is 13.2. The number of fused-ring (bicyclic) bond motifs is 1. The van der Waals surface area contributed by atoms with E-state index in [2.05, 4.69) is 18.7 Å². The van der Waals surface area contributed by atoms with Gasteiger partial charge in [-0.25, -0.2) is 13.4 Å². The molecule has 0 saturated carbocycles. The lowest BCUT2D eigenvalue weighted by Crippen LogP contribution is -2.39. The fourth-order valence-corrected chi connectivity index (χ4v) is 6.32. The first-order chi connectivity index (χ1) is 15.4. The van der Waals surface area contributed by atoms with Crippen molar-refractivity contribution in [2.45, 2.75) is 30.1 Å². The lowest BCUT2D eigenvalue weighted by atomic mass is 10.3. The molecule has 0 atom stereocenters. The molecule has 32 heavy (non-hydrogen) atoms. The summed E-state index contributed by atoms with van der Waals surface area (Å²) in [5.74, 6) is -0.445. The maximum Gasteiger partial charge on any atom is 0.229 e. The van der Waals surface area contributed by atoms with Crippen molar-refractivity contribution in [3.63, 3.8) is 0 Å². The van der Waals surface area contributed by atoms with Gasteiger partial charge in [-0.2, -0.15) is 0 Å². The Morgan fingerprint density at radius 3 is 2.41 bits per heavy atom. The van der Waals surface area contributed by atoms with E-state index < -0.39 is 9.84 Å². The number of hydrogen-bond acceptors (Lipinski definition) is 7. The van der Waals surface area contributed by atoms with E-state index in [4.69, 9.17) is 4.98 Å². The van der Waals surface area contributed by atoms with Gasteiger partial charge in [0.05, 0.1) is 20.9 Å². The van der Waals surface area contributed by atoms with E-state index in [-0.39, 0.29) is 23.0 Å². The number of carbonyl (C=O) groups excluding carboxylic acids is 1. The molecule has 1 amide bonds. The van der Waals surface area contributed by atoms with E-state index in [1.54, 1.807) is 47.0 Å². The van der Waals surface area contributed by atoms with Crippen LogP contribution in [0.1, 0.15) is 20.3 Å². The normalized spacial score (nSPS) is 11.9. The van der Waals surface area contributed by atoms with Gasteiger partial charge in [0.25, 0.3) is 0 Å². The Kier molecular flexibility index (Phi) is 8.70. The van der Waals surface area contributed by atoms with Crippen molar-refractivity contribution in [1.29, 1.82) is 0 Å². The van der Waals surface area contributed by atoms with Crippen molar-refractivity contribution >= 4 is 54.2 Å². The Balaban J connectivity index is 1.84. The zero-order valence-electron chi connectivity index (χ0n) is 18.7. The number of aromatic nitrogens is 1. The molecular weight excluding hydrogens is 462 g/mol. The summed E-state index contributed by atoms with van der Waals surface area (Å²) in [6.45, 7) is 7.12. The first-order valence-corrected chi connectivity index (χ1v) is 14.3. The summed E-state index contributed by atoms with van der Waals surface area (Å²) in [4.78, 5) is 23.2. The van der Waals surface area contributed by atoms with Crippen LogP contribution in [0.3, 0.4) is 0 Å². The quantitative estimate of drug-likeness (QED) is 0.366. The molecule has 9 heteroatoms. The Labute approximate surface area is 198 Å². The second-order valence-corrected chi connectivity index (χ2v) is 11.2. The predicted molar refractivity (Wildman–Crippen MR) is 135 cm³/mol. The largest absolute Gasteiger partial charge is 0.302 e. The molecule has 0 aliphatic rings. The maximum atomic E-state index is 13.2. The van der Waals surface area contributed by atoms with Crippen LogP contribution < -0.4 is 4.90 Å². The van der Waals surface area contributed by atoms with Gasteiger partial charge in [0, 0.05) is 24.4 Å². The van der Waals surface area contributed by atoms with Gasteiger partial charge in [-0.3, -0.25) is 9.69 Å². The number of carbonyl (C=O) groups is 1. The molecule has 0 bridgehead atoms. The highest BCUT2D eigenvalue weighted by Gasteiger charge is 2.24. The van der Waals surface area contributed by atoms with Crippen LogP contribution >= 0.6 is 23.1 Å². The van der Waals surface area contributed by atoms with E-state index >= 15 is 0 Å². The summed E-state index contributed by atoms with van der Waals surface area (Å²) < 4.78 is 26.4. The first kappa shape index (κ1) is 24.7. The monoisotopic (exact) mass is 491 g/mol. The number of sulfone groups is 1. The average Bonchev–Trinajstić information content (AvgIpc) is 3.25. The molecule has 1 aromatic heterocycles. The Morgan fingerprint density at radius 1 is 1.03 bits per heavy atom. The molecule has 0 fully saturated rings. The summed E-state index contributed by atoms with van der Waals surface area (Å²) in [5, 5.41) is 0.621.